The molecule has 82 valence electrons. The number of hydrogen-bond acceptors (Lipinski definition) is 2. The molecule has 0 aliphatic carbocycles. The van der Waals surface area contributed by atoms with Gasteiger partial charge in [0.1, 0.15) is 0 Å². The molecule has 0 unspecified atom stereocenters. The molecule has 0 N–H and O–H groups in total. The fourth-order valence-electron chi connectivity index (χ4n) is 1.21. The van der Waals surface area contributed by atoms with Crippen molar-refractivity contribution in [1.29, 1.82) is 0 Å². The molecule has 0 atom stereocenters. The van der Waals surface area contributed by atoms with Crippen LogP contribution < -0.4 is 0 Å². The lowest BCUT2D eigenvalue weighted by atomic mass is 10.1. The molecule has 2 rings (SSSR count). The Morgan fingerprint density at radius 3 is 2.19 bits per heavy atom. The monoisotopic (exact) mass is 422 g/mol. The molecule has 2 aromatic rings. The van der Waals surface area contributed by atoms with Crippen LogP contribution in [0.25, 0.3) is 0 Å². The molecular formula is C11H5Br3OS. The highest BCUT2D eigenvalue weighted by Crippen LogP contribution is 2.34. The van der Waals surface area contributed by atoms with Crippen LogP contribution in [0.15, 0.2) is 43.1 Å². The van der Waals surface area contributed by atoms with Gasteiger partial charge in [-0.05, 0) is 56.1 Å². The molecule has 1 aromatic carbocycles. The second kappa shape index (κ2) is 5.12. The van der Waals surface area contributed by atoms with Crippen molar-refractivity contribution in [2.75, 3.05) is 0 Å². The van der Waals surface area contributed by atoms with E-state index in [4.69, 9.17) is 0 Å². The molecule has 0 saturated carbocycles. The van der Waals surface area contributed by atoms with Gasteiger partial charge in [0.05, 0.1) is 9.35 Å². The SMILES string of the molecule is O=C(c1ccc(Br)cc1)c1scc(Br)c1Br. The number of hydrogen-bond donors (Lipinski definition) is 0. The smallest absolute Gasteiger partial charge is 0.204 e. The number of carbonyl (C=O) groups is 1. The number of rotatable bonds is 2. The van der Waals surface area contributed by atoms with Crippen LogP contribution in [-0.4, -0.2) is 5.78 Å². The van der Waals surface area contributed by atoms with E-state index in [9.17, 15) is 4.79 Å². The first-order chi connectivity index (χ1) is 7.59. The summed E-state index contributed by atoms with van der Waals surface area (Å²) in [5.41, 5.74) is 0.693. The minimum atomic E-state index is 0.0371. The molecule has 5 heteroatoms. The van der Waals surface area contributed by atoms with Crippen molar-refractivity contribution >= 4 is 64.9 Å². The van der Waals surface area contributed by atoms with E-state index in [0.717, 1.165) is 13.4 Å². The Labute approximate surface area is 122 Å². The summed E-state index contributed by atoms with van der Waals surface area (Å²) in [5.74, 6) is 0.0371. The third-order valence-electron chi connectivity index (χ3n) is 2.00. The van der Waals surface area contributed by atoms with Crippen LogP contribution in [-0.2, 0) is 0 Å². The maximum Gasteiger partial charge on any atom is 0.204 e. The van der Waals surface area contributed by atoms with Gasteiger partial charge in [-0.15, -0.1) is 11.3 Å². The molecule has 0 bridgehead atoms. The van der Waals surface area contributed by atoms with Crippen molar-refractivity contribution < 1.29 is 4.79 Å². The first kappa shape index (κ1) is 12.5. The van der Waals surface area contributed by atoms with Gasteiger partial charge in [-0.2, -0.15) is 0 Å². The minimum absolute atomic E-state index is 0.0371. The first-order valence-corrected chi connectivity index (χ1v) is 7.58. The van der Waals surface area contributed by atoms with Crippen LogP contribution >= 0.6 is 59.1 Å². The zero-order chi connectivity index (χ0) is 11.7. The number of thiophene rings is 1. The predicted molar refractivity (Wildman–Crippen MR) is 77.3 cm³/mol. The van der Waals surface area contributed by atoms with Crippen molar-refractivity contribution in [3.05, 3.63) is 53.5 Å². The first-order valence-electron chi connectivity index (χ1n) is 4.32. The van der Waals surface area contributed by atoms with E-state index in [2.05, 4.69) is 47.8 Å². The van der Waals surface area contributed by atoms with Gasteiger partial charge in [-0.1, -0.05) is 15.9 Å². The third-order valence-corrected chi connectivity index (χ3v) is 6.06. The second-order valence-electron chi connectivity index (χ2n) is 3.06. The molecule has 0 saturated heterocycles. The van der Waals surface area contributed by atoms with Crippen molar-refractivity contribution in [1.82, 2.24) is 0 Å². The Morgan fingerprint density at radius 1 is 1.06 bits per heavy atom. The van der Waals surface area contributed by atoms with Crippen LogP contribution in [0.5, 0.6) is 0 Å². The molecule has 16 heavy (non-hydrogen) atoms. The summed E-state index contributed by atoms with van der Waals surface area (Å²) in [4.78, 5) is 12.9. The molecule has 1 heterocycles. The Morgan fingerprint density at radius 2 is 1.69 bits per heavy atom. The summed E-state index contributed by atoms with van der Waals surface area (Å²) in [7, 11) is 0. The fourth-order valence-corrected chi connectivity index (χ4v) is 3.59. The number of halogens is 3. The topological polar surface area (TPSA) is 17.1 Å². The van der Waals surface area contributed by atoms with E-state index in [1.807, 2.05) is 29.6 Å². The lowest BCUT2D eigenvalue weighted by Crippen LogP contribution is -1.98. The van der Waals surface area contributed by atoms with Gasteiger partial charge in [0.2, 0.25) is 5.78 Å². The normalized spacial score (nSPS) is 10.4. The minimum Gasteiger partial charge on any atom is -0.288 e. The summed E-state index contributed by atoms with van der Waals surface area (Å²) in [6, 6.07) is 7.35. The fraction of sp³-hybridized carbons (Fsp3) is 0. The molecule has 0 radical (unpaired) electrons. The van der Waals surface area contributed by atoms with Gasteiger partial charge in [0, 0.05) is 19.9 Å². The van der Waals surface area contributed by atoms with Gasteiger partial charge in [0.25, 0.3) is 0 Å². The average Bonchev–Trinajstić information content (AvgIpc) is 2.60. The second-order valence-corrected chi connectivity index (χ2v) is 6.51. The molecule has 0 amide bonds. The molecule has 0 aliphatic rings. The van der Waals surface area contributed by atoms with E-state index in [-0.39, 0.29) is 5.78 Å². The number of ketones is 1. The summed E-state index contributed by atoms with van der Waals surface area (Å²) < 4.78 is 2.71. The molecule has 0 fully saturated rings. The van der Waals surface area contributed by atoms with Gasteiger partial charge in [0.15, 0.2) is 0 Å². The molecule has 1 nitrogen and oxygen atoms in total. The third kappa shape index (κ3) is 2.47. The largest absolute Gasteiger partial charge is 0.288 e. The number of carbonyl (C=O) groups excluding carboxylic acids is 1. The predicted octanol–water partition coefficient (Wildman–Crippen LogP) is 5.27. The van der Waals surface area contributed by atoms with Gasteiger partial charge in [-0.3, -0.25) is 4.79 Å². The highest BCUT2D eigenvalue weighted by atomic mass is 79.9. The van der Waals surface area contributed by atoms with Gasteiger partial charge < -0.3 is 0 Å². The van der Waals surface area contributed by atoms with E-state index in [1.165, 1.54) is 11.3 Å². The molecule has 1 aromatic heterocycles. The molecule has 0 spiro atoms. The Hall–Kier alpha value is 0.0300. The van der Waals surface area contributed by atoms with Gasteiger partial charge in [-0.25, -0.2) is 0 Å². The van der Waals surface area contributed by atoms with Crippen LogP contribution in [0.2, 0.25) is 0 Å². The van der Waals surface area contributed by atoms with E-state index >= 15 is 0 Å². The van der Waals surface area contributed by atoms with E-state index in [0.29, 0.717) is 10.4 Å². The highest BCUT2D eigenvalue weighted by molar-refractivity contribution is 9.13. The standard InChI is InChI=1S/C11H5Br3OS/c12-7-3-1-6(2-4-7)10(15)11-9(14)8(13)5-16-11/h1-5H. The van der Waals surface area contributed by atoms with Crippen molar-refractivity contribution in [3.63, 3.8) is 0 Å². The van der Waals surface area contributed by atoms with Crippen molar-refractivity contribution in [3.8, 4) is 0 Å². The van der Waals surface area contributed by atoms with E-state index < -0.39 is 0 Å². The van der Waals surface area contributed by atoms with Crippen LogP contribution in [0.1, 0.15) is 15.2 Å². The van der Waals surface area contributed by atoms with Crippen molar-refractivity contribution in [2.45, 2.75) is 0 Å². The maximum atomic E-state index is 12.1. The summed E-state index contributed by atoms with van der Waals surface area (Å²) >= 11 is 11.5. The number of benzene rings is 1. The van der Waals surface area contributed by atoms with Crippen LogP contribution in [0, 0.1) is 0 Å². The molecule has 0 aliphatic heterocycles. The summed E-state index contributed by atoms with van der Waals surface area (Å²) in [6.07, 6.45) is 0. The van der Waals surface area contributed by atoms with E-state index in [1.54, 1.807) is 0 Å². The van der Waals surface area contributed by atoms with Crippen LogP contribution in [0.3, 0.4) is 0 Å². The lowest BCUT2D eigenvalue weighted by molar-refractivity contribution is 0.104. The Kier molecular flexibility index (Phi) is 4.00. The van der Waals surface area contributed by atoms with Gasteiger partial charge >= 0.3 is 0 Å². The maximum absolute atomic E-state index is 12.1. The quantitative estimate of drug-likeness (QED) is 0.600. The zero-order valence-corrected chi connectivity index (χ0v) is 13.4. The lowest BCUT2D eigenvalue weighted by Gasteiger charge is -1.99. The summed E-state index contributed by atoms with van der Waals surface area (Å²) in [6.45, 7) is 0. The average molecular weight is 425 g/mol. The zero-order valence-electron chi connectivity index (χ0n) is 7.84. The van der Waals surface area contributed by atoms with Crippen LogP contribution in [0.4, 0.5) is 0 Å². The summed E-state index contributed by atoms with van der Waals surface area (Å²) in [5, 5.41) is 1.90. The molecular weight excluding hydrogens is 420 g/mol. The Balaban J connectivity index is 2.39. The van der Waals surface area contributed by atoms with Crippen molar-refractivity contribution in [2.24, 2.45) is 0 Å². The highest BCUT2D eigenvalue weighted by Gasteiger charge is 2.16. The Bertz CT molecular complexity index is 531.